The predicted molar refractivity (Wildman–Crippen MR) is 75.2 cm³/mol. The van der Waals surface area contributed by atoms with E-state index in [1.165, 1.54) is 32.4 Å². The van der Waals surface area contributed by atoms with Gasteiger partial charge in [-0.05, 0) is 25.9 Å². The van der Waals surface area contributed by atoms with Crippen molar-refractivity contribution in [2.45, 2.75) is 31.7 Å². The summed E-state index contributed by atoms with van der Waals surface area (Å²) in [6.07, 6.45) is 4.33. The molecule has 2 heterocycles. The maximum Gasteiger partial charge on any atom is 0.304 e. The summed E-state index contributed by atoms with van der Waals surface area (Å²) in [5.41, 5.74) is 0. The number of carboxylic acids is 1. The minimum Gasteiger partial charge on any atom is -0.481 e. The zero-order valence-corrected chi connectivity index (χ0v) is 11.8. The van der Waals surface area contributed by atoms with Crippen molar-refractivity contribution >= 4 is 17.7 Å². The van der Waals surface area contributed by atoms with Gasteiger partial charge in [0.25, 0.3) is 0 Å². The van der Waals surface area contributed by atoms with Crippen LogP contribution in [0.4, 0.5) is 0 Å². The van der Waals surface area contributed by atoms with E-state index < -0.39 is 5.97 Å². The van der Waals surface area contributed by atoms with Crippen molar-refractivity contribution in [1.82, 2.24) is 9.80 Å². The van der Waals surface area contributed by atoms with Crippen LogP contribution in [0.25, 0.3) is 0 Å². The Morgan fingerprint density at radius 1 is 1.17 bits per heavy atom. The van der Waals surface area contributed by atoms with Crippen molar-refractivity contribution < 1.29 is 9.90 Å². The fourth-order valence-electron chi connectivity index (χ4n) is 2.83. The number of carboxylic acid groups (broad SMARTS) is 1. The van der Waals surface area contributed by atoms with Crippen LogP contribution in [-0.2, 0) is 4.79 Å². The van der Waals surface area contributed by atoms with Crippen LogP contribution in [-0.4, -0.2) is 71.1 Å². The van der Waals surface area contributed by atoms with Gasteiger partial charge in [-0.1, -0.05) is 6.42 Å². The van der Waals surface area contributed by atoms with Gasteiger partial charge in [-0.3, -0.25) is 9.69 Å². The molecule has 2 aliphatic heterocycles. The van der Waals surface area contributed by atoms with E-state index in [0.717, 1.165) is 31.1 Å². The third-order valence-electron chi connectivity index (χ3n) is 3.91. The van der Waals surface area contributed by atoms with Crippen LogP contribution in [0.5, 0.6) is 0 Å². The van der Waals surface area contributed by atoms with Crippen LogP contribution in [0.2, 0.25) is 0 Å². The number of hydrogen-bond acceptors (Lipinski definition) is 4. The quantitative estimate of drug-likeness (QED) is 0.819. The molecule has 1 N–H and O–H groups in total. The molecule has 0 spiro atoms. The third kappa shape index (κ3) is 4.44. The van der Waals surface area contributed by atoms with Crippen LogP contribution >= 0.6 is 11.8 Å². The summed E-state index contributed by atoms with van der Waals surface area (Å²) in [7, 11) is 0. The Bertz CT molecular complexity index is 270. The number of rotatable bonds is 5. The largest absolute Gasteiger partial charge is 0.481 e. The van der Waals surface area contributed by atoms with Crippen LogP contribution < -0.4 is 0 Å². The molecule has 5 heteroatoms. The number of nitrogens with zero attached hydrogens (tertiary/aromatic N) is 2. The van der Waals surface area contributed by atoms with Crippen LogP contribution in [0, 0.1) is 0 Å². The maximum absolute atomic E-state index is 10.9. The molecule has 4 nitrogen and oxygen atoms in total. The minimum absolute atomic E-state index is 0.242. The highest BCUT2D eigenvalue weighted by Crippen LogP contribution is 2.19. The lowest BCUT2D eigenvalue weighted by atomic mass is 10.1. The maximum atomic E-state index is 10.9. The van der Waals surface area contributed by atoms with Crippen molar-refractivity contribution in [3.63, 3.8) is 0 Å². The van der Waals surface area contributed by atoms with E-state index in [1.807, 2.05) is 11.8 Å². The highest BCUT2D eigenvalue weighted by atomic mass is 32.2. The molecule has 104 valence electrons. The summed E-state index contributed by atoms with van der Waals surface area (Å²) >= 11 is 1.89. The Labute approximate surface area is 114 Å². The Kier molecular flexibility index (Phi) is 5.79. The molecule has 0 aliphatic carbocycles. The van der Waals surface area contributed by atoms with Crippen LogP contribution in [0.1, 0.15) is 25.7 Å². The molecule has 2 fully saturated rings. The van der Waals surface area contributed by atoms with E-state index in [1.54, 1.807) is 0 Å². The molecular weight excluding hydrogens is 248 g/mol. The number of likely N-dealkylation sites (tertiary alicyclic amines) is 1. The van der Waals surface area contributed by atoms with Crippen LogP contribution in [0.3, 0.4) is 0 Å². The fraction of sp³-hybridized carbons (Fsp3) is 0.923. The lowest BCUT2D eigenvalue weighted by molar-refractivity contribution is -0.138. The molecule has 0 bridgehead atoms. The lowest BCUT2D eigenvalue weighted by Gasteiger charge is -2.36. The molecule has 1 atom stereocenters. The second kappa shape index (κ2) is 7.36. The average molecular weight is 272 g/mol. The van der Waals surface area contributed by atoms with Gasteiger partial charge in [-0.2, -0.15) is 11.8 Å². The molecule has 1 unspecified atom stereocenters. The molecule has 18 heavy (non-hydrogen) atoms. The number of carbonyl (C=O) groups is 1. The molecule has 0 aromatic carbocycles. The average Bonchev–Trinajstić information content (AvgIpc) is 2.38. The summed E-state index contributed by atoms with van der Waals surface area (Å²) in [5, 5.41) is 8.95. The molecule has 0 saturated carbocycles. The second-order valence-corrected chi connectivity index (χ2v) is 6.41. The zero-order chi connectivity index (χ0) is 12.8. The molecule has 0 aromatic heterocycles. The van der Waals surface area contributed by atoms with Crippen molar-refractivity contribution in [2.75, 3.05) is 44.2 Å². The summed E-state index contributed by atoms with van der Waals surface area (Å²) in [6, 6.07) is 0.242. The SMILES string of the molecule is O=C(O)CC1CSCCN1CCN1CCCCC1. The van der Waals surface area contributed by atoms with Gasteiger partial charge in [0.2, 0.25) is 0 Å². The summed E-state index contributed by atoms with van der Waals surface area (Å²) in [5.74, 6) is 1.47. The first-order valence-corrected chi connectivity index (χ1v) is 8.17. The highest BCUT2D eigenvalue weighted by molar-refractivity contribution is 7.99. The Morgan fingerprint density at radius 2 is 1.94 bits per heavy atom. The van der Waals surface area contributed by atoms with E-state index in [-0.39, 0.29) is 6.04 Å². The van der Waals surface area contributed by atoms with E-state index in [2.05, 4.69) is 9.80 Å². The van der Waals surface area contributed by atoms with Gasteiger partial charge in [0, 0.05) is 37.2 Å². The van der Waals surface area contributed by atoms with E-state index in [0.29, 0.717) is 6.42 Å². The van der Waals surface area contributed by atoms with Gasteiger partial charge in [-0.25, -0.2) is 0 Å². The zero-order valence-electron chi connectivity index (χ0n) is 11.0. The van der Waals surface area contributed by atoms with Gasteiger partial charge in [0.05, 0.1) is 6.42 Å². The topological polar surface area (TPSA) is 43.8 Å². The van der Waals surface area contributed by atoms with E-state index >= 15 is 0 Å². The predicted octanol–water partition coefficient (Wildman–Crippen LogP) is 1.36. The van der Waals surface area contributed by atoms with Crippen LogP contribution in [0.15, 0.2) is 0 Å². The normalized spacial score (nSPS) is 27.2. The third-order valence-corrected chi connectivity index (χ3v) is 5.00. The first kappa shape index (κ1) is 14.2. The Hall–Kier alpha value is -0.260. The van der Waals surface area contributed by atoms with Gasteiger partial charge < -0.3 is 10.0 Å². The molecule has 2 saturated heterocycles. The molecule has 2 aliphatic rings. The van der Waals surface area contributed by atoms with Crippen molar-refractivity contribution in [3.05, 3.63) is 0 Å². The minimum atomic E-state index is -0.662. The van der Waals surface area contributed by atoms with Gasteiger partial charge in [0.15, 0.2) is 0 Å². The lowest BCUT2D eigenvalue weighted by Crippen LogP contribution is -2.47. The second-order valence-electron chi connectivity index (χ2n) is 5.26. The number of hydrogen-bond donors (Lipinski definition) is 1. The van der Waals surface area contributed by atoms with E-state index in [4.69, 9.17) is 5.11 Å². The molecular formula is C13H24N2O2S. The van der Waals surface area contributed by atoms with Crippen molar-refractivity contribution in [3.8, 4) is 0 Å². The molecule has 0 radical (unpaired) electrons. The molecule has 0 aromatic rings. The van der Waals surface area contributed by atoms with Gasteiger partial charge >= 0.3 is 5.97 Å². The summed E-state index contributed by atoms with van der Waals surface area (Å²) in [4.78, 5) is 15.8. The number of thioether (sulfide) groups is 1. The Balaban J connectivity index is 1.75. The smallest absolute Gasteiger partial charge is 0.304 e. The molecule has 0 amide bonds. The fourth-order valence-corrected chi connectivity index (χ4v) is 3.96. The standard InChI is InChI=1S/C13H24N2O2S/c16-13(17)10-12-11-18-9-8-15(12)7-6-14-4-2-1-3-5-14/h12H,1-11H2,(H,16,17). The number of piperidine rings is 1. The van der Waals surface area contributed by atoms with Crippen molar-refractivity contribution in [1.29, 1.82) is 0 Å². The first-order valence-electron chi connectivity index (χ1n) is 7.01. The number of aliphatic carboxylic acids is 1. The first-order chi connectivity index (χ1) is 8.75. The van der Waals surface area contributed by atoms with Gasteiger partial charge in [0.1, 0.15) is 0 Å². The highest BCUT2D eigenvalue weighted by Gasteiger charge is 2.25. The van der Waals surface area contributed by atoms with Gasteiger partial charge in [-0.15, -0.1) is 0 Å². The summed E-state index contributed by atoms with van der Waals surface area (Å²) in [6.45, 7) is 5.66. The molecule has 2 rings (SSSR count). The Morgan fingerprint density at radius 3 is 2.67 bits per heavy atom. The monoisotopic (exact) mass is 272 g/mol. The summed E-state index contributed by atoms with van der Waals surface area (Å²) < 4.78 is 0. The van der Waals surface area contributed by atoms with E-state index in [9.17, 15) is 4.79 Å². The van der Waals surface area contributed by atoms with Crippen molar-refractivity contribution in [2.24, 2.45) is 0 Å².